The number of hydrogen-bond donors (Lipinski definition) is 1. The molecule has 0 aromatic heterocycles. The first-order valence-electron chi connectivity index (χ1n) is 13.6. The third kappa shape index (κ3) is 8.67. The molecular weight excluding hydrogens is 528 g/mol. The number of nitrogens with one attached hydrogen (secondary N) is 1. The summed E-state index contributed by atoms with van der Waals surface area (Å²) in [6, 6.07) is 12.0. The second-order valence-electron chi connectivity index (χ2n) is 11.0. The van der Waals surface area contributed by atoms with Crippen LogP contribution in [-0.2, 0) is 20.8 Å². The van der Waals surface area contributed by atoms with Crippen molar-refractivity contribution >= 4 is 12.0 Å². The van der Waals surface area contributed by atoms with Gasteiger partial charge in [-0.15, -0.1) is 0 Å². The third-order valence-corrected chi connectivity index (χ3v) is 6.55. The SMILES string of the molecule is COc1ccc(Oc2ccc3c(c2)CCN(C(=O)OC(C)(C)C)C3C(=O)NCCN(C(C)C)C(C)ON=[N+]=[N-])cc1. The Labute approximate surface area is 241 Å². The van der Waals surface area contributed by atoms with Crippen molar-refractivity contribution in [3.8, 4) is 17.2 Å². The van der Waals surface area contributed by atoms with Gasteiger partial charge in [-0.3, -0.25) is 14.6 Å². The standard InChI is InChI=1S/C29H40N6O6/c1-19(2)34(20(3)41-33-32-30)17-15-31-27(36)26-25-13-12-24(39-23-10-8-22(38-7)9-11-23)18-21(25)14-16-35(26)28(37)40-29(4,5)6/h8-13,18-20,26H,14-17H2,1-7H3,(H,31,36). The summed E-state index contributed by atoms with van der Waals surface area (Å²) < 4.78 is 16.9. The maximum Gasteiger partial charge on any atom is 0.411 e. The number of nitrogens with zero attached hydrogens (tertiary/aromatic N) is 5. The Morgan fingerprint density at radius 3 is 2.39 bits per heavy atom. The molecule has 1 aliphatic rings. The molecule has 1 heterocycles. The van der Waals surface area contributed by atoms with Crippen LogP contribution >= 0.6 is 0 Å². The van der Waals surface area contributed by atoms with Gasteiger partial charge in [0.25, 0.3) is 0 Å². The summed E-state index contributed by atoms with van der Waals surface area (Å²) in [5.41, 5.74) is 9.47. The molecule has 0 saturated carbocycles. The second-order valence-corrected chi connectivity index (χ2v) is 11.0. The highest BCUT2D eigenvalue weighted by atomic mass is 16.7. The average Bonchev–Trinajstić information content (AvgIpc) is 2.92. The molecule has 1 N–H and O–H groups in total. The zero-order chi connectivity index (χ0) is 30.2. The van der Waals surface area contributed by atoms with Crippen LogP contribution in [0.3, 0.4) is 0 Å². The maximum atomic E-state index is 13.7. The summed E-state index contributed by atoms with van der Waals surface area (Å²) in [7, 11) is 1.60. The van der Waals surface area contributed by atoms with Crippen LogP contribution in [0.15, 0.2) is 47.7 Å². The number of rotatable bonds is 11. The van der Waals surface area contributed by atoms with Gasteiger partial charge in [0.15, 0.2) is 6.23 Å². The first kappa shape index (κ1) is 31.4. The van der Waals surface area contributed by atoms with Crippen molar-refractivity contribution in [1.29, 1.82) is 0 Å². The highest BCUT2D eigenvalue weighted by molar-refractivity contribution is 5.88. The molecule has 2 aromatic carbocycles. The lowest BCUT2D eigenvalue weighted by atomic mass is 9.92. The van der Waals surface area contributed by atoms with E-state index in [9.17, 15) is 9.59 Å². The largest absolute Gasteiger partial charge is 0.497 e. The van der Waals surface area contributed by atoms with Gasteiger partial charge in [-0.1, -0.05) is 6.07 Å². The summed E-state index contributed by atoms with van der Waals surface area (Å²) in [5.74, 6) is 1.68. The molecule has 3 rings (SSSR count). The van der Waals surface area contributed by atoms with Gasteiger partial charge < -0.3 is 24.4 Å². The normalized spacial score (nSPS) is 15.4. The van der Waals surface area contributed by atoms with E-state index in [1.54, 1.807) is 40.9 Å². The lowest BCUT2D eigenvalue weighted by Gasteiger charge is -2.37. The van der Waals surface area contributed by atoms with Crippen molar-refractivity contribution in [2.75, 3.05) is 26.7 Å². The fourth-order valence-electron chi connectivity index (χ4n) is 4.66. The van der Waals surface area contributed by atoms with Crippen molar-refractivity contribution in [2.45, 2.75) is 71.9 Å². The summed E-state index contributed by atoms with van der Waals surface area (Å²) in [6.07, 6.45) is -0.504. The van der Waals surface area contributed by atoms with E-state index in [0.29, 0.717) is 36.6 Å². The van der Waals surface area contributed by atoms with Gasteiger partial charge in [0.05, 0.1) is 7.11 Å². The summed E-state index contributed by atoms with van der Waals surface area (Å²) in [5, 5.41) is 6.16. The molecule has 41 heavy (non-hydrogen) atoms. The van der Waals surface area contributed by atoms with E-state index in [2.05, 4.69) is 15.5 Å². The van der Waals surface area contributed by atoms with Crippen LogP contribution in [-0.4, -0.2) is 66.4 Å². The van der Waals surface area contributed by atoms with E-state index in [1.165, 1.54) is 4.90 Å². The minimum absolute atomic E-state index is 0.0635. The fraction of sp³-hybridized carbons (Fsp3) is 0.517. The van der Waals surface area contributed by atoms with Gasteiger partial charge in [0, 0.05) is 30.6 Å². The van der Waals surface area contributed by atoms with Crippen molar-refractivity contribution in [2.24, 2.45) is 5.28 Å². The lowest BCUT2D eigenvalue weighted by Crippen LogP contribution is -2.50. The summed E-state index contributed by atoms with van der Waals surface area (Å²) in [4.78, 5) is 38.0. The zero-order valence-electron chi connectivity index (χ0n) is 24.8. The van der Waals surface area contributed by atoms with Gasteiger partial charge in [-0.05, 0) is 101 Å². The van der Waals surface area contributed by atoms with Crippen LogP contribution in [0.2, 0.25) is 0 Å². The molecule has 0 aliphatic carbocycles. The molecular formula is C29H40N6O6. The Bertz CT molecular complexity index is 1240. The number of ether oxygens (including phenoxy) is 3. The lowest BCUT2D eigenvalue weighted by molar-refractivity contribution is -0.127. The Hall–Kier alpha value is -4.15. The Morgan fingerprint density at radius 2 is 1.78 bits per heavy atom. The van der Waals surface area contributed by atoms with Crippen LogP contribution in [0.1, 0.15) is 58.7 Å². The second kappa shape index (κ2) is 14.0. The van der Waals surface area contributed by atoms with Crippen molar-refractivity contribution in [3.05, 3.63) is 64.0 Å². The number of azide groups is 1. The minimum atomic E-state index is -0.881. The molecule has 0 fully saturated rings. The van der Waals surface area contributed by atoms with Gasteiger partial charge in [-0.25, -0.2) is 4.79 Å². The number of amides is 2. The Kier molecular flexibility index (Phi) is 10.7. The fourth-order valence-corrected chi connectivity index (χ4v) is 4.66. The monoisotopic (exact) mass is 568 g/mol. The number of carbonyl (C=O) groups excluding carboxylic acids is 2. The summed E-state index contributed by atoms with van der Waals surface area (Å²) in [6.45, 7) is 12.1. The average molecular weight is 569 g/mol. The highest BCUT2D eigenvalue weighted by Gasteiger charge is 2.38. The molecule has 0 bridgehead atoms. The summed E-state index contributed by atoms with van der Waals surface area (Å²) >= 11 is 0. The Morgan fingerprint density at radius 1 is 1.12 bits per heavy atom. The predicted molar refractivity (Wildman–Crippen MR) is 153 cm³/mol. The Balaban J connectivity index is 1.81. The molecule has 12 nitrogen and oxygen atoms in total. The predicted octanol–water partition coefficient (Wildman–Crippen LogP) is 5.74. The molecule has 0 spiro atoms. The minimum Gasteiger partial charge on any atom is -0.497 e. The maximum absolute atomic E-state index is 13.7. The van der Waals surface area contributed by atoms with Crippen LogP contribution in [0.4, 0.5) is 4.79 Å². The third-order valence-electron chi connectivity index (χ3n) is 6.55. The molecule has 12 heteroatoms. The van der Waals surface area contributed by atoms with Crippen LogP contribution in [0.25, 0.3) is 10.4 Å². The number of carbonyl (C=O) groups is 2. The molecule has 2 amide bonds. The first-order chi connectivity index (χ1) is 19.4. The van der Waals surface area contributed by atoms with Gasteiger partial charge in [0.1, 0.15) is 34.2 Å². The zero-order valence-corrected chi connectivity index (χ0v) is 24.8. The molecule has 2 unspecified atom stereocenters. The first-order valence-corrected chi connectivity index (χ1v) is 13.6. The van der Waals surface area contributed by atoms with E-state index in [0.717, 1.165) is 11.3 Å². The van der Waals surface area contributed by atoms with E-state index in [-0.39, 0.29) is 18.5 Å². The molecule has 1 aliphatic heterocycles. The van der Waals surface area contributed by atoms with E-state index in [1.807, 2.05) is 55.1 Å². The quantitative estimate of drug-likeness (QED) is 0.120. The van der Waals surface area contributed by atoms with Crippen molar-refractivity contribution < 1.29 is 28.6 Å². The number of methoxy groups -OCH3 is 1. The van der Waals surface area contributed by atoms with E-state index in [4.69, 9.17) is 24.6 Å². The smallest absolute Gasteiger partial charge is 0.411 e. The molecule has 222 valence electrons. The van der Waals surface area contributed by atoms with Gasteiger partial charge in [-0.2, -0.15) is 0 Å². The molecule has 0 radical (unpaired) electrons. The number of benzene rings is 2. The highest BCUT2D eigenvalue weighted by Crippen LogP contribution is 2.35. The number of hydrogen-bond acceptors (Lipinski definition) is 8. The van der Waals surface area contributed by atoms with Gasteiger partial charge in [0.2, 0.25) is 5.91 Å². The van der Waals surface area contributed by atoms with Crippen molar-refractivity contribution in [1.82, 2.24) is 15.1 Å². The molecule has 2 aromatic rings. The molecule has 2 atom stereocenters. The van der Waals surface area contributed by atoms with Crippen LogP contribution < -0.4 is 14.8 Å². The van der Waals surface area contributed by atoms with Gasteiger partial charge >= 0.3 is 6.09 Å². The topological polar surface area (TPSA) is 138 Å². The molecule has 0 saturated heterocycles. The van der Waals surface area contributed by atoms with Crippen LogP contribution in [0, 0.1) is 0 Å². The van der Waals surface area contributed by atoms with E-state index < -0.39 is 24.0 Å². The van der Waals surface area contributed by atoms with E-state index >= 15 is 0 Å². The number of fused-ring (bicyclic) bond motifs is 1. The van der Waals surface area contributed by atoms with Crippen molar-refractivity contribution in [3.63, 3.8) is 0 Å². The van der Waals surface area contributed by atoms with Crippen LogP contribution in [0.5, 0.6) is 17.2 Å².